The molecule has 0 aliphatic rings. The molecule has 0 aromatic heterocycles. The van der Waals surface area contributed by atoms with E-state index in [9.17, 15) is 19.2 Å². The van der Waals surface area contributed by atoms with E-state index in [1.54, 1.807) is 0 Å². The summed E-state index contributed by atoms with van der Waals surface area (Å²) in [6.45, 7) is 9.01. The highest BCUT2D eigenvalue weighted by molar-refractivity contribution is 5.88. The van der Waals surface area contributed by atoms with Gasteiger partial charge in [-0.2, -0.15) is 0 Å². The predicted molar refractivity (Wildman–Crippen MR) is 217 cm³/mol. The highest BCUT2D eigenvalue weighted by Gasteiger charge is 2.25. The lowest BCUT2D eigenvalue weighted by molar-refractivity contribution is -0.151. The largest absolute Gasteiger partial charge is 0.466 e. The van der Waals surface area contributed by atoms with Crippen molar-refractivity contribution in [3.05, 3.63) is 0 Å². The number of ether oxygens (including phenoxy) is 2. The lowest BCUT2D eigenvalue weighted by atomic mass is 9.95. The molecule has 0 radical (unpaired) electrons. The van der Waals surface area contributed by atoms with Gasteiger partial charge in [-0.05, 0) is 33.1 Å². The molecule has 7 nitrogen and oxygen atoms in total. The molecule has 1 amide bonds. The van der Waals surface area contributed by atoms with E-state index in [0.717, 1.165) is 32.1 Å². The van der Waals surface area contributed by atoms with E-state index < -0.39 is 11.9 Å². The molecule has 1 atom stereocenters. The molecule has 1 unspecified atom stereocenters. The number of hydrogen-bond acceptors (Lipinski definition) is 6. The van der Waals surface area contributed by atoms with Gasteiger partial charge in [0.2, 0.25) is 5.91 Å². The fourth-order valence-electron chi connectivity index (χ4n) is 6.76. The lowest BCUT2D eigenvalue weighted by Crippen LogP contribution is -2.30. The summed E-state index contributed by atoms with van der Waals surface area (Å²) in [7, 11) is 0. The van der Waals surface area contributed by atoms with Gasteiger partial charge >= 0.3 is 11.9 Å². The molecule has 306 valence electrons. The number of amides is 1. The minimum Gasteiger partial charge on any atom is -0.466 e. The zero-order valence-corrected chi connectivity index (χ0v) is 34.9. The Morgan fingerprint density at radius 3 is 1.21 bits per heavy atom. The van der Waals surface area contributed by atoms with Crippen LogP contribution in [0.1, 0.15) is 240 Å². The molecular weight excluding hydrogens is 650 g/mol. The number of hydrogen-bond donors (Lipinski definition) is 1. The van der Waals surface area contributed by atoms with Gasteiger partial charge in [-0.3, -0.25) is 19.2 Å². The standard InChI is InChI=1S/C45H85NO6/c1-5-7-9-11-13-15-17-19-21-23-25-27-29-31-37-51-44(49)36-33-41(39-42(47)34-35-43(48)46-40(3)4)45(50)52-38-32-30-28-26-24-22-20-18-16-14-12-10-8-6-2/h40-41H,5-39H2,1-4H3,(H,46,48). The van der Waals surface area contributed by atoms with Gasteiger partial charge in [0.15, 0.2) is 0 Å². The fraction of sp³-hybridized carbons (Fsp3) is 0.911. The average molecular weight is 736 g/mol. The van der Waals surface area contributed by atoms with Crippen LogP contribution >= 0.6 is 0 Å². The van der Waals surface area contributed by atoms with Gasteiger partial charge in [-0.25, -0.2) is 0 Å². The molecule has 0 heterocycles. The van der Waals surface area contributed by atoms with Crippen molar-refractivity contribution < 1.29 is 28.7 Å². The average Bonchev–Trinajstić information content (AvgIpc) is 3.12. The van der Waals surface area contributed by atoms with Crippen LogP contribution in [0.15, 0.2) is 0 Å². The first-order chi connectivity index (χ1) is 25.3. The zero-order valence-electron chi connectivity index (χ0n) is 34.9. The molecular formula is C45H85NO6. The highest BCUT2D eigenvalue weighted by Crippen LogP contribution is 2.19. The van der Waals surface area contributed by atoms with E-state index in [-0.39, 0.29) is 55.8 Å². The molecule has 0 spiro atoms. The number of Topliss-reactive ketones (excluding diaryl/α,β-unsaturated/α-hetero) is 1. The van der Waals surface area contributed by atoms with Crippen LogP contribution in [-0.2, 0) is 28.7 Å². The second-order valence-electron chi connectivity index (χ2n) is 15.8. The molecule has 0 aliphatic heterocycles. The Kier molecular flexibility index (Phi) is 37.4. The van der Waals surface area contributed by atoms with Crippen LogP contribution in [0.4, 0.5) is 0 Å². The molecule has 0 fully saturated rings. The van der Waals surface area contributed by atoms with Crippen LogP contribution in [0.25, 0.3) is 0 Å². The summed E-state index contributed by atoms with van der Waals surface area (Å²) < 4.78 is 11.1. The summed E-state index contributed by atoms with van der Waals surface area (Å²) in [6, 6.07) is 0.00998. The van der Waals surface area contributed by atoms with Crippen LogP contribution < -0.4 is 5.32 Å². The van der Waals surface area contributed by atoms with Crippen molar-refractivity contribution in [2.75, 3.05) is 13.2 Å². The molecule has 0 aliphatic carbocycles. The van der Waals surface area contributed by atoms with Crippen molar-refractivity contribution in [3.63, 3.8) is 0 Å². The van der Waals surface area contributed by atoms with Crippen LogP contribution in [0, 0.1) is 5.92 Å². The van der Waals surface area contributed by atoms with E-state index in [1.807, 2.05) is 13.8 Å². The monoisotopic (exact) mass is 736 g/mol. The van der Waals surface area contributed by atoms with Crippen LogP contribution in [0.5, 0.6) is 0 Å². The van der Waals surface area contributed by atoms with Crippen LogP contribution in [0.2, 0.25) is 0 Å². The molecule has 0 rings (SSSR count). The van der Waals surface area contributed by atoms with Gasteiger partial charge in [0.1, 0.15) is 5.78 Å². The molecule has 0 saturated carbocycles. The molecule has 7 heteroatoms. The van der Waals surface area contributed by atoms with Crippen molar-refractivity contribution in [1.29, 1.82) is 0 Å². The van der Waals surface area contributed by atoms with E-state index >= 15 is 0 Å². The van der Waals surface area contributed by atoms with Crippen molar-refractivity contribution in [3.8, 4) is 0 Å². The fourth-order valence-corrected chi connectivity index (χ4v) is 6.76. The van der Waals surface area contributed by atoms with Gasteiger partial charge in [0, 0.05) is 31.7 Å². The summed E-state index contributed by atoms with van der Waals surface area (Å²) in [6.07, 6.45) is 36.0. The Morgan fingerprint density at radius 2 is 0.827 bits per heavy atom. The number of ketones is 1. The molecule has 52 heavy (non-hydrogen) atoms. The highest BCUT2D eigenvalue weighted by atomic mass is 16.5. The maximum Gasteiger partial charge on any atom is 0.309 e. The number of carbonyl (C=O) groups excluding carboxylic acids is 4. The number of unbranched alkanes of at least 4 members (excludes halogenated alkanes) is 26. The van der Waals surface area contributed by atoms with Crippen molar-refractivity contribution in [1.82, 2.24) is 5.32 Å². The predicted octanol–water partition coefficient (Wildman–Crippen LogP) is 12.7. The second-order valence-corrected chi connectivity index (χ2v) is 15.8. The van der Waals surface area contributed by atoms with Crippen LogP contribution in [-0.4, -0.2) is 42.9 Å². The number of esters is 2. The SMILES string of the molecule is CCCCCCCCCCCCCCCCOC(=O)CCC(CC(=O)CCC(=O)NC(C)C)C(=O)OCCCCCCCCCCCCCCCC. The molecule has 0 aromatic carbocycles. The van der Waals surface area contributed by atoms with Gasteiger partial charge in [-0.15, -0.1) is 0 Å². The number of rotatable bonds is 40. The normalized spacial score (nSPS) is 11.9. The summed E-state index contributed by atoms with van der Waals surface area (Å²) >= 11 is 0. The first-order valence-electron chi connectivity index (χ1n) is 22.4. The Hall–Kier alpha value is -1.92. The summed E-state index contributed by atoms with van der Waals surface area (Å²) in [5, 5.41) is 2.80. The van der Waals surface area contributed by atoms with Gasteiger partial charge in [0.25, 0.3) is 0 Å². The topological polar surface area (TPSA) is 98.8 Å². The number of carbonyl (C=O) groups is 4. The first kappa shape index (κ1) is 50.1. The molecule has 1 N–H and O–H groups in total. The lowest BCUT2D eigenvalue weighted by Gasteiger charge is -2.16. The van der Waals surface area contributed by atoms with Crippen molar-refractivity contribution in [2.45, 2.75) is 246 Å². The molecule has 0 saturated heterocycles. The third-order valence-electron chi connectivity index (χ3n) is 10.1. The Labute approximate surface area is 321 Å². The Balaban J connectivity index is 4.24. The molecule has 0 aromatic rings. The minimum absolute atomic E-state index is 0.00998. The van der Waals surface area contributed by atoms with Gasteiger partial charge < -0.3 is 14.8 Å². The van der Waals surface area contributed by atoms with Crippen molar-refractivity contribution >= 4 is 23.6 Å². The van der Waals surface area contributed by atoms with E-state index in [1.165, 1.54) is 148 Å². The summed E-state index contributed by atoms with van der Waals surface area (Å²) in [5.74, 6) is -1.78. The molecule has 0 bridgehead atoms. The number of nitrogens with one attached hydrogen (secondary N) is 1. The van der Waals surface area contributed by atoms with E-state index in [0.29, 0.717) is 13.2 Å². The third kappa shape index (κ3) is 36.4. The quantitative estimate of drug-likeness (QED) is 0.0497. The van der Waals surface area contributed by atoms with Gasteiger partial charge in [0.05, 0.1) is 19.1 Å². The van der Waals surface area contributed by atoms with Crippen LogP contribution in [0.3, 0.4) is 0 Å². The summed E-state index contributed by atoms with van der Waals surface area (Å²) in [4.78, 5) is 50.3. The maximum absolute atomic E-state index is 13.0. The van der Waals surface area contributed by atoms with E-state index in [2.05, 4.69) is 19.2 Å². The maximum atomic E-state index is 13.0. The Bertz CT molecular complexity index is 844. The smallest absolute Gasteiger partial charge is 0.309 e. The first-order valence-corrected chi connectivity index (χ1v) is 22.4. The van der Waals surface area contributed by atoms with Crippen molar-refractivity contribution in [2.24, 2.45) is 5.92 Å². The third-order valence-corrected chi connectivity index (χ3v) is 10.1. The zero-order chi connectivity index (χ0) is 38.3. The van der Waals surface area contributed by atoms with E-state index in [4.69, 9.17) is 9.47 Å². The minimum atomic E-state index is -0.694. The van der Waals surface area contributed by atoms with Gasteiger partial charge in [-0.1, -0.05) is 181 Å². The second kappa shape index (κ2) is 38.8. The Morgan fingerprint density at radius 1 is 0.462 bits per heavy atom. The summed E-state index contributed by atoms with van der Waals surface area (Å²) in [5.41, 5.74) is 0.